The summed E-state index contributed by atoms with van der Waals surface area (Å²) in [5.74, 6) is 0.586. The Labute approximate surface area is 195 Å². The summed E-state index contributed by atoms with van der Waals surface area (Å²) >= 11 is 0. The summed E-state index contributed by atoms with van der Waals surface area (Å²) in [5, 5.41) is 3.43. The van der Waals surface area contributed by atoms with E-state index in [4.69, 9.17) is 19.9 Å². The van der Waals surface area contributed by atoms with Crippen LogP contribution in [0.5, 0.6) is 0 Å². The molecule has 0 fully saturated rings. The monoisotopic (exact) mass is 465 g/mol. The number of rotatable bonds is 8. The zero-order valence-electron chi connectivity index (χ0n) is 20.9. The van der Waals surface area contributed by atoms with Crippen LogP contribution in [0.4, 0.5) is 4.39 Å². The molecule has 0 saturated carbocycles. The Kier molecular flexibility index (Phi) is 8.39. The molecule has 3 N–H and O–H groups in total. The van der Waals surface area contributed by atoms with Gasteiger partial charge in [-0.15, -0.1) is 0 Å². The third-order valence-electron chi connectivity index (χ3n) is 7.90. The van der Waals surface area contributed by atoms with Crippen LogP contribution in [0.1, 0.15) is 59.3 Å². The average Bonchev–Trinajstić information content (AvgIpc) is 2.75. The minimum Gasteiger partial charge on any atom is -0.409 e. The third-order valence-corrected chi connectivity index (χ3v) is 12.4. The van der Waals surface area contributed by atoms with Gasteiger partial charge >= 0.3 is 0 Å². The highest BCUT2D eigenvalue weighted by Crippen LogP contribution is 2.38. The number of aliphatic imine (C=N–C) groups is 1. The van der Waals surface area contributed by atoms with Gasteiger partial charge in [0.15, 0.2) is 8.32 Å². The maximum absolute atomic E-state index is 13.8. The third kappa shape index (κ3) is 6.10. The van der Waals surface area contributed by atoms with Crippen molar-refractivity contribution in [2.75, 3.05) is 20.3 Å². The van der Waals surface area contributed by atoms with Crippen LogP contribution in [-0.2, 0) is 9.16 Å². The summed E-state index contributed by atoms with van der Waals surface area (Å²) < 4.78 is 26.4. The van der Waals surface area contributed by atoms with Gasteiger partial charge < -0.3 is 20.2 Å². The molecule has 2 aliphatic carbocycles. The number of nitrogens with zero attached hydrogens (tertiary/aromatic N) is 1. The summed E-state index contributed by atoms with van der Waals surface area (Å²) in [6, 6.07) is 0.587. The Morgan fingerprint density at radius 3 is 2.66 bits per heavy atom. The quantitative estimate of drug-likeness (QED) is 0.501. The Balaban J connectivity index is 1.63. The molecule has 1 aliphatic heterocycles. The number of ether oxygens (including phenoxy) is 1. The molecule has 0 aromatic carbocycles. The summed E-state index contributed by atoms with van der Waals surface area (Å²) in [6.07, 6.45) is 9.78. The van der Waals surface area contributed by atoms with E-state index in [9.17, 15) is 4.39 Å². The number of nitrogens with one attached hydrogen (secondary N) is 1. The molecule has 32 heavy (non-hydrogen) atoms. The maximum Gasteiger partial charge on any atom is 0.192 e. The molecule has 0 bridgehead atoms. The Bertz CT molecular complexity index is 744. The standard InChI is InChI=1S/C25H44FN3O2Si/c1-25(2,3)32(5,6)31-20(15-26)16-30-24-14-18(8-11-23(24)28-4)21-10-7-17-13-19(27)9-12-22(17)29-21/h8-9,17,20,22-24,28H,7,10-16,27H2,1-6H3/t17-,20?,22+,23?,24-/m1/s1. The fraction of sp³-hybridized carbons (Fsp3) is 0.800. The smallest absolute Gasteiger partial charge is 0.192 e. The molecule has 7 heteroatoms. The predicted molar refractivity (Wildman–Crippen MR) is 133 cm³/mol. The first-order valence-corrected chi connectivity index (χ1v) is 15.2. The van der Waals surface area contributed by atoms with Crippen LogP contribution in [0, 0.1) is 5.92 Å². The molecule has 3 aliphatic rings. The summed E-state index contributed by atoms with van der Waals surface area (Å²) in [5.41, 5.74) is 9.61. The molecule has 182 valence electrons. The van der Waals surface area contributed by atoms with Gasteiger partial charge in [0.05, 0.1) is 24.9 Å². The van der Waals surface area contributed by atoms with Crippen molar-refractivity contribution in [1.29, 1.82) is 0 Å². The van der Waals surface area contributed by atoms with Crippen LogP contribution in [0.2, 0.25) is 18.1 Å². The van der Waals surface area contributed by atoms with Crippen LogP contribution in [0.3, 0.4) is 0 Å². The Morgan fingerprint density at radius 2 is 2.00 bits per heavy atom. The van der Waals surface area contributed by atoms with Gasteiger partial charge in [0.25, 0.3) is 0 Å². The van der Waals surface area contributed by atoms with Gasteiger partial charge in [0.2, 0.25) is 0 Å². The number of fused-ring (bicyclic) bond motifs is 1. The maximum atomic E-state index is 13.8. The second-order valence-corrected chi connectivity index (χ2v) is 16.0. The van der Waals surface area contributed by atoms with Gasteiger partial charge in [-0.05, 0) is 68.8 Å². The van der Waals surface area contributed by atoms with Gasteiger partial charge in [0, 0.05) is 23.9 Å². The van der Waals surface area contributed by atoms with Crippen molar-refractivity contribution in [1.82, 2.24) is 5.32 Å². The van der Waals surface area contributed by atoms with Crippen molar-refractivity contribution in [3.8, 4) is 0 Å². The lowest BCUT2D eigenvalue weighted by Crippen LogP contribution is -2.47. The van der Waals surface area contributed by atoms with Gasteiger partial charge in [-0.3, -0.25) is 4.99 Å². The normalized spacial score (nSPS) is 30.2. The number of hydrogen-bond acceptors (Lipinski definition) is 5. The van der Waals surface area contributed by atoms with Crippen LogP contribution in [-0.4, -0.2) is 58.6 Å². The predicted octanol–water partition coefficient (Wildman–Crippen LogP) is 4.90. The SMILES string of the molecule is CNC1CC=C(C2=N[C@H]3CC=C(N)C[C@H]3CC2)C[C@H]1OCC(CF)O[Si](C)(C)C(C)(C)C. The fourth-order valence-corrected chi connectivity index (χ4v) is 6.10. The minimum absolute atomic E-state index is 0.000569. The molecule has 1 heterocycles. The average molecular weight is 466 g/mol. The second-order valence-electron chi connectivity index (χ2n) is 11.3. The van der Waals surface area contributed by atoms with E-state index in [0.29, 0.717) is 18.6 Å². The molecule has 2 unspecified atom stereocenters. The van der Waals surface area contributed by atoms with E-state index in [0.717, 1.165) is 44.2 Å². The van der Waals surface area contributed by atoms with Gasteiger partial charge in [-0.2, -0.15) is 0 Å². The zero-order chi connectivity index (χ0) is 23.5. The highest BCUT2D eigenvalue weighted by molar-refractivity contribution is 6.74. The van der Waals surface area contributed by atoms with Crippen LogP contribution in [0.15, 0.2) is 28.4 Å². The van der Waals surface area contributed by atoms with E-state index < -0.39 is 21.1 Å². The fourth-order valence-electron chi connectivity index (χ4n) is 4.78. The van der Waals surface area contributed by atoms with Crippen molar-refractivity contribution < 1.29 is 13.6 Å². The second kappa shape index (κ2) is 10.5. The molecule has 5 nitrogen and oxygen atoms in total. The molecule has 0 aromatic rings. The molecular formula is C25H44FN3O2Si. The molecule has 3 rings (SSSR count). The Morgan fingerprint density at radius 1 is 1.25 bits per heavy atom. The van der Waals surface area contributed by atoms with Crippen LogP contribution >= 0.6 is 0 Å². The highest BCUT2D eigenvalue weighted by atomic mass is 28.4. The van der Waals surface area contributed by atoms with Gasteiger partial charge in [-0.1, -0.05) is 32.9 Å². The number of nitrogens with two attached hydrogens (primary N) is 1. The van der Waals surface area contributed by atoms with E-state index >= 15 is 0 Å². The van der Waals surface area contributed by atoms with Crippen LogP contribution in [0.25, 0.3) is 0 Å². The number of alkyl halides is 1. The first-order valence-electron chi connectivity index (χ1n) is 12.3. The molecule has 0 radical (unpaired) electrons. The van der Waals surface area contributed by atoms with E-state index in [1.165, 1.54) is 11.3 Å². The largest absolute Gasteiger partial charge is 0.409 e. The van der Waals surface area contributed by atoms with Crippen molar-refractivity contribution in [3.05, 3.63) is 23.4 Å². The summed E-state index contributed by atoms with van der Waals surface area (Å²) in [4.78, 5) is 5.13. The molecule has 0 aromatic heterocycles. The van der Waals surface area contributed by atoms with Crippen molar-refractivity contribution in [2.45, 2.75) is 102 Å². The van der Waals surface area contributed by atoms with Crippen molar-refractivity contribution in [2.24, 2.45) is 16.6 Å². The highest BCUT2D eigenvalue weighted by Gasteiger charge is 2.40. The molecular weight excluding hydrogens is 421 g/mol. The number of halogens is 1. The van der Waals surface area contributed by atoms with Gasteiger partial charge in [0.1, 0.15) is 6.67 Å². The Hall–Kier alpha value is -1.02. The zero-order valence-corrected chi connectivity index (χ0v) is 21.9. The number of likely N-dealkylation sites (N-methyl/N-ethyl adjacent to an activating group) is 1. The van der Waals surface area contributed by atoms with Crippen molar-refractivity contribution >= 4 is 14.0 Å². The van der Waals surface area contributed by atoms with E-state index in [1.54, 1.807) is 0 Å². The van der Waals surface area contributed by atoms with Crippen LogP contribution < -0.4 is 11.1 Å². The number of hydrogen-bond donors (Lipinski definition) is 2. The first kappa shape index (κ1) is 25.6. The summed E-state index contributed by atoms with van der Waals surface area (Å²) in [6.45, 7) is 10.6. The lowest BCUT2D eigenvalue weighted by Gasteiger charge is -2.39. The van der Waals surface area contributed by atoms with Gasteiger partial charge in [-0.25, -0.2) is 4.39 Å². The minimum atomic E-state index is -2.04. The first-order chi connectivity index (χ1) is 15.0. The molecule has 5 atom stereocenters. The van der Waals surface area contributed by atoms with E-state index in [1.807, 2.05) is 7.05 Å². The molecule has 0 saturated heterocycles. The molecule has 0 amide bonds. The van der Waals surface area contributed by atoms with E-state index in [2.05, 4.69) is 51.3 Å². The van der Waals surface area contributed by atoms with Crippen molar-refractivity contribution in [3.63, 3.8) is 0 Å². The number of allylic oxidation sites excluding steroid dienone is 1. The molecule has 0 spiro atoms. The lowest BCUT2D eigenvalue weighted by atomic mass is 9.79. The summed E-state index contributed by atoms with van der Waals surface area (Å²) in [7, 11) is -0.0703. The lowest BCUT2D eigenvalue weighted by molar-refractivity contribution is -0.0268. The van der Waals surface area contributed by atoms with E-state index in [-0.39, 0.29) is 17.2 Å². The topological polar surface area (TPSA) is 68.9 Å².